The molecular formula is C18H14BrNO4. The molecule has 5 nitrogen and oxygen atoms in total. The number of carbonyl (C=O) groups excluding carboxylic acids is 2. The Bertz CT molecular complexity index is 879. The van der Waals surface area contributed by atoms with Crippen molar-refractivity contribution in [2.75, 3.05) is 11.4 Å². The van der Waals surface area contributed by atoms with Gasteiger partial charge in [-0.25, -0.2) is 0 Å². The summed E-state index contributed by atoms with van der Waals surface area (Å²) in [4.78, 5) is 26.5. The van der Waals surface area contributed by atoms with E-state index < -0.39 is 23.7 Å². The number of Topliss-reactive ketones (excluding diaryl/α,β-unsaturated/α-hetero) is 1. The van der Waals surface area contributed by atoms with Crippen LogP contribution in [0.2, 0.25) is 0 Å². The van der Waals surface area contributed by atoms with Crippen molar-refractivity contribution in [3.8, 4) is 12.3 Å². The van der Waals surface area contributed by atoms with E-state index in [1.165, 1.54) is 11.0 Å². The Labute approximate surface area is 147 Å². The molecule has 0 radical (unpaired) electrons. The predicted molar refractivity (Wildman–Crippen MR) is 91.6 cm³/mol. The van der Waals surface area contributed by atoms with Gasteiger partial charge in [0.05, 0.1) is 18.7 Å². The maximum atomic E-state index is 12.7. The summed E-state index contributed by atoms with van der Waals surface area (Å²) < 4.78 is 5.99. The van der Waals surface area contributed by atoms with Gasteiger partial charge in [-0.15, -0.1) is 6.42 Å². The van der Waals surface area contributed by atoms with Crippen LogP contribution in [0.4, 0.5) is 5.69 Å². The molecule has 122 valence electrons. The summed E-state index contributed by atoms with van der Waals surface area (Å²) in [6, 6.07) is 8.25. The molecule has 2 heterocycles. The minimum absolute atomic E-state index is 0.0177. The van der Waals surface area contributed by atoms with E-state index in [4.69, 9.17) is 10.8 Å². The van der Waals surface area contributed by atoms with E-state index in [0.717, 1.165) is 0 Å². The number of amides is 1. The summed E-state index contributed by atoms with van der Waals surface area (Å²) in [5, 5.41) is 11.0. The average molecular weight is 388 g/mol. The van der Waals surface area contributed by atoms with Crippen LogP contribution in [0.15, 0.2) is 39.2 Å². The van der Waals surface area contributed by atoms with E-state index in [-0.39, 0.29) is 12.3 Å². The van der Waals surface area contributed by atoms with Gasteiger partial charge in [-0.05, 0) is 37.3 Å². The first-order chi connectivity index (χ1) is 11.4. The summed E-state index contributed by atoms with van der Waals surface area (Å²) >= 11 is 3.33. The second kappa shape index (κ2) is 5.93. The molecule has 0 spiro atoms. The first-order valence-electron chi connectivity index (χ1n) is 7.24. The maximum absolute atomic E-state index is 12.7. The number of nitrogens with zero attached hydrogens (tertiary/aromatic N) is 1. The Balaban J connectivity index is 2.02. The summed E-state index contributed by atoms with van der Waals surface area (Å²) in [5.41, 5.74) is -1.10. The monoisotopic (exact) mass is 387 g/mol. The number of benzene rings is 1. The van der Waals surface area contributed by atoms with Crippen LogP contribution in [-0.2, 0) is 10.4 Å². The number of rotatable bonds is 4. The largest absolute Gasteiger partial charge is 0.458 e. The van der Waals surface area contributed by atoms with Gasteiger partial charge in [0.1, 0.15) is 5.76 Å². The van der Waals surface area contributed by atoms with Crippen LogP contribution < -0.4 is 4.90 Å². The van der Waals surface area contributed by atoms with Gasteiger partial charge in [-0.3, -0.25) is 14.5 Å². The Hall–Kier alpha value is -2.36. The number of aliphatic hydroxyl groups is 1. The van der Waals surface area contributed by atoms with E-state index in [9.17, 15) is 14.7 Å². The molecule has 0 fully saturated rings. The third-order valence-corrected chi connectivity index (χ3v) is 4.47. The number of furan rings is 1. The number of fused-ring (bicyclic) bond motifs is 1. The molecule has 1 N–H and O–H groups in total. The number of ketones is 1. The number of aryl methyl sites for hydroxylation is 1. The lowest BCUT2D eigenvalue weighted by molar-refractivity contribution is -0.135. The molecule has 1 aromatic carbocycles. The molecule has 3 rings (SSSR count). The van der Waals surface area contributed by atoms with E-state index in [1.807, 2.05) is 0 Å². The minimum Gasteiger partial charge on any atom is -0.458 e. The molecule has 0 saturated heterocycles. The number of hydrogen-bond donors (Lipinski definition) is 1. The summed E-state index contributed by atoms with van der Waals surface area (Å²) in [6.07, 6.45) is 4.91. The van der Waals surface area contributed by atoms with Gasteiger partial charge in [0.25, 0.3) is 5.91 Å². The van der Waals surface area contributed by atoms with Gasteiger partial charge >= 0.3 is 0 Å². The van der Waals surface area contributed by atoms with Crippen LogP contribution in [-0.4, -0.2) is 23.3 Å². The fourth-order valence-electron chi connectivity index (χ4n) is 2.85. The number of anilines is 1. The Kier molecular flexibility index (Phi) is 4.08. The first kappa shape index (κ1) is 16.5. The molecule has 1 aliphatic heterocycles. The topological polar surface area (TPSA) is 70.8 Å². The van der Waals surface area contributed by atoms with Gasteiger partial charge in [0.15, 0.2) is 11.4 Å². The van der Waals surface area contributed by atoms with Gasteiger partial charge < -0.3 is 9.52 Å². The number of hydrogen-bond acceptors (Lipinski definition) is 4. The second-order valence-corrected chi connectivity index (χ2v) is 6.54. The standard InChI is InChI=1S/C18H14BrNO4/c1-3-8-20-14-6-5-12(19)9-13(14)18(23,17(20)22)10-15(21)16-7-4-11(2)24-16/h1,4-7,9,23H,8,10H2,2H3/t18-/m1/s1. The maximum Gasteiger partial charge on any atom is 0.265 e. The van der Waals surface area contributed by atoms with Crippen molar-refractivity contribution >= 4 is 33.3 Å². The smallest absolute Gasteiger partial charge is 0.265 e. The zero-order chi connectivity index (χ0) is 17.5. The molecule has 0 saturated carbocycles. The van der Waals surface area contributed by atoms with Gasteiger partial charge in [-0.1, -0.05) is 21.9 Å². The van der Waals surface area contributed by atoms with Crippen LogP contribution in [0, 0.1) is 19.3 Å². The second-order valence-electron chi connectivity index (χ2n) is 5.63. The normalized spacial score (nSPS) is 19.2. The summed E-state index contributed by atoms with van der Waals surface area (Å²) in [6.45, 7) is 1.73. The lowest BCUT2D eigenvalue weighted by Crippen LogP contribution is -2.42. The Morgan fingerprint density at radius 1 is 1.42 bits per heavy atom. The molecule has 0 unspecified atom stereocenters. The third-order valence-electron chi connectivity index (χ3n) is 3.97. The van der Waals surface area contributed by atoms with Crippen molar-refractivity contribution < 1.29 is 19.1 Å². The lowest BCUT2D eigenvalue weighted by Gasteiger charge is -2.21. The van der Waals surface area contributed by atoms with Crippen molar-refractivity contribution in [1.29, 1.82) is 0 Å². The molecule has 1 aromatic heterocycles. The van der Waals surface area contributed by atoms with E-state index in [1.54, 1.807) is 31.2 Å². The van der Waals surface area contributed by atoms with Gasteiger partial charge in [-0.2, -0.15) is 0 Å². The van der Waals surface area contributed by atoms with E-state index in [0.29, 0.717) is 21.5 Å². The molecular weight excluding hydrogens is 374 g/mol. The van der Waals surface area contributed by atoms with Crippen LogP contribution in [0.25, 0.3) is 0 Å². The molecule has 1 atom stereocenters. The highest BCUT2D eigenvalue weighted by Crippen LogP contribution is 2.44. The molecule has 1 amide bonds. The quantitative estimate of drug-likeness (QED) is 0.646. The third kappa shape index (κ3) is 2.56. The summed E-state index contributed by atoms with van der Waals surface area (Å²) in [7, 11) is 0. The highest BCUT2D eigenvalue weighted by Gasteiger charge is 2.51. The fraction of sp³-hybridized carbons (Fsp3) is 0.222. The Morgan fingerprint density at radius 3 is 2.79 bits per heavy atom. The molecule has 6 heteroatoms. The molecule has 0 bridgehead atoms. The van der Waals surface area contributed by atoms with Crippen molar-refractivity contribution in [2.45, 2.75) is 18.9 Å². The minimum atomic E-state index is -1.96. The highest BCUT2D eigenvalue weighted by atomic mass is 79.9. The number of terminal acetylenes is 1. The zero-order valence-corrected chi connectivity index (χ0v) is 14.5. The molecule has 1 aliphatic rings. The SMILES string of the molecule is C#CCN1C(=O)[C@@](O)(CC(=O)c2ccc(C)o2)c2cc(Br)ccc21. The van der Waals surface area contributed by atoms with Crippen molar-refractivity contribution in [2.24, 2.45) is 0 Å². The van der Waals surface area contributed by atoms with Gasteiger partial charge in [0, 0.05) is 10.0 Å². The van der Waals surface area contributed by atoms with Crippen LogP contribution in [0.1, 0.15) is 28.3 Å². The highest BCUT2D eigenvalue weighted by molar-refractivity contribution is 9.10. The van der Waals surface area contributed by atoms with Crippen LogP contribution in [0.5, 0.6) is 0 Å². The number of carbonyl (C=O) groups is 2. The van der Waals surface area contributed by atoms with Crippen molar-refractivity contribution in [3.63, 3.8) is 0 Å². The fourth-order valence-corrected chi connectivity index (χ4v) is 3.21. The predicted octanol–water partition coefficient (Wildman–Crippen LogP) is 2.79. The summed E-state index contributed by atoms with van der Waals surface area (Å²) in [5.74, 6) is 2.04. The van der Waals surface area contributed by atoms with Gasteiger partial charge in [0.2, 0.25) is 5.78 Å². The average Bonchev–Trinajstić information content (AvgIpc) is 3.05. The molecule has 24 heavy (non-hydrogen) atoms. The van der Waals surface area contributed by atoms with E-state index >= 15 is 0 Å². The van der Waals surface area contributed by atoms with Crippen LogP contribution in [0.3, 0.4) is 0 Å². The number of halogens is 1. The lowest BCUT2D eigenvalue weighted by atomic mass is 9.89. The van der Waals surface area contributed by atoms with Crippen molar-refractivity contribution in [3.05, 3.63) is 51.9 Å². The first-order valence-corrected chi connectivity index (χ1v) is 8.03. The zero-order valence-electron chi connectivity index (χ0n) is 12.9. The Morgan fingerprint density at radius 2 is 2.17 bits per heavy atom. The van der Waals surface area contributed by atoms with Crippen LogP contribution >= 0.6 is 15.9 Å². The molecule has 0 aliphatic carbocycles. The van der Waals surface area contributed by atoms with E-state index in [2.05, 4.69) is 21.9 Å². The molecule has 2 aromatic rings. The van der Waals surface area contributed by atoms with Crippen molar-refractivity contribution in [1.82, 2.24) is 0 Å².